The topological polar surface area (TPSA) is 189 Å². The lowest BCUT2D eigenvalue weighted by molar-refractivity contribution is -0.303. The van der Waals surface area contributed by atoms with Gasteiger partial charge in [-0.3, -0.25) is 4.79 Å². The Balaban J connectivity index is 2.40. The Labute approximate surface area is 390 Å². The van der Waals surface area contributed by atoms with Crippen molar-refractivity contribution in [2.45, 2.75) is 281 Å². The molecule has 8 N–H and O–H groups in total. The molecule has 0 aromatic heterocycles. The van der Waals surface area contributed by atoms with Crippen LogP contribution >= 0.6 is 0 Å². The van der Waals surface area contributed by atoms with E-state index in [0.717, 1.165) is 44.9 Å². The van der Waals surface area contributed by atoms with Crippen LogP contribution in [0.4, 0.5) is 0 Å². The van der Waals surface area contributed by atoms with E-state index in [1.807, 2.05) is 0 Å². The zero-order chi connectivity index (χ0) is 46.9. The van der Waals surface area contributed by atoms with Crippen molar-refractivity contribution >= 4 is 5.91 Å². The molecule has 11 heteroatoms. The SMILES string of the molecule is CCCCC/C=C\C=C/CCCCCCCCCCCC(O)C(=O)NC(COC1OC(CO)C(O)C(O)C1O)C(O)C(O)CCC/C=C/CCCCCCCCCCCCCCCC. The summed E-state index contributed by atoms with van der Waals surface area (Å²) in [6.07, 6.45) is 39.0. The first-order valence-corrected chi connectivity index (χ1v) is 26.4. The average Bonchev–Trinajstić information content (AvgIpc) is 3.29. The van der Waals surface area contributed by atoms with E-state index in [-0.39, 0.29) is 12.8 Å². The number of carbonyl (C=O) groups is 1. The summed E-state index contributed by atoms with van der Waals surface area (Å²) in [6.45, 7) is 3.41. The molecule has 11 nitrogen and oxygen atoms in total. The fourth-order valence-corrected chi connectivity index (χ4v) is 8.31. The molecular formula is C53H99NO10. The predicted molar refractivity (Wildman–Crippen MR) is 261 cm³/mol. The van der Waals surface area contributed by atoms with Gasteiger partial charge in [0.05, 0.1) is 25.4 Å². The van der Waals surface area contributed by atoms with Crippen molar-refractivity contribution in [3.63, 3.8) is 0 Å². The summed E-state index contributed by atoms with van der Waals surface area (Å²) in [5.41, 5.74) is 0. The monoisotopic (exact) mass is 910 g/mol. The molecule has 0 aliphatic carbocycles. The molecule has 0 aromatic rings. The van der Waals surface area contributed by atoms with Gasteiger partial charge in [-0.1, -0.05) is 198 Å². The number of carbonyl (C=O) groups excluding carboxylic acids is 1. The zero-order valence-electron chi connectivity index (χ0n) is 40.8. The first kappa shape index (κ1) is 60.3. The highest BCUT2D eigenvalue weighted by molar-refractivity contribution is 5.80. The van der Waals surface area contributed by atoms with Crippen molar-refractivity contribution in [1.29, 1.82) is 0 Å². The van der Waals surface area contributed by atoms with Gasteiger partial charge in [-0.25, -0.2) is 0 Å². The molecule has 0 saturated carbocycles. The zero-order valence-corrected chi connectivity index (χ0v) is 40.8. The van der Waals surface area contributed by atoms with E-state index in [1.54, 1.807) is 0 Å². The van der Waals surface area contributed by atoms with E-state index in [2.05, 4.69) is 55.6 Å². The molecule has 0 bridgehead atoms. The lowest BCUT2D eigenvalue weighted by atomic mass is 9.98. The van der Waals surface area contributed by atoms with Gasteiger partial charge in [-0.05, 0) is 64.2 Å². The highest BCUT2D eigenvalue weighted by Gasteiger charge is 2.44. The maximum absolute atomic E-state index is 13.1. The molecule has 1 heterocycles. The lowest BCUT2D eigenvalue weighted by Crippen LogP contribution is -2.60. The molecule has 9 unspecified atom stereocenters. The van der Waals surface area contributed by atoms with Crippen LogP contribution in [0.5, 0.6) is 0 Å². The minimum absolute atomic E-state index is 0.248. The Kier molecular flexibility index (Phi) is 40.2. The standard InChI is InChI=1S/C53H99NO10/c1-3-5-7-9-11-13-15-17-19-21-23-25-26-28-30-32-34-36-38-40-45(56)48(58)44(43-63-53-51(61)50(60)49(59)47(42-55)64-53)54-52(62)46(57)41-39-37-35-33-31-29-27-24-22-20-18-16-14-12-10-8-6-4-2/h12,14,16,18,32,34,44-51,53,55-61H,3-11,13,15,17,19-31,33,35-43H2,1-2H3,(H,54,62)/b14-12-,18-16-,34-32+. The fourth-order valence-electron chi connectivity index (χ4n) is 8.31. The van der Waals surface area contributed by atoms with Crippen LogP contribution in [0.15, 0.2) is 36.5 Å². The maximum Gasteiger partial charge on any atom is 0.249 e. The lowest BCUT2D eigenvalue weighted by Gasteiger charge is -2.40. The molecule has 1 amide bonds. The van der Waals surface area contributed by atoms with Gasteiger partial charge in [-0.15, -0.1) is 0 Å². The van der Waals surface area contributed by atoms with Crippen LogP contribution in [0, 0.1) is 0 Å². The van der Waals surface area contributed by atoms with Crippen molar-refractivity contribution in [2.24, 2.45) is 0 Å². The summed E-state index contributed by atoms with van der Waals surface area (Å²) in [4.78, 5) is 13.1. The average molecular weight is 910 g/mol. The first-order chi connectivity index (χ1) is 31.2. The number of hydrogen-bond donors (Lipinski definition) is 8. The summed E-state index contributed by atoms with van der Waals surface area (Å²) in [6, 6.07) is -1.19. The number of aliphatic hydroxyl groups is 7. The number of aliphatic hydroxyl groups excluding tert-OH is 7. The van der Waals surface area contributed by atoms with E-state index < -0.39 is 74.2 Å². The largest absolute Gasteiger partial charge is 0.394 e. The van der Waals surface area contributed by atoms with E-state index in [1.165, 1.54) is 141 Å². The Morgan fingerprint density at radius 2 is 0.969 bits per heavy atom. The Bertz CT molecular complexity index is 1130. The van der Waals surface area contributed by atoms with Gasteiger partial charge in [-0.2, -0.15) is 0 Å². The van der Waals surface area contributed by atoms with Crippen LogP contribution in [-0.2, 0) is 14.3 Å². The second-order valence-electron chi connectivity index (χ2n) is 18.6. The highest BCUT2D eigenvalue weighted by Crippen LogP contribution is 2.23. The number of hydrogen-bond acceptors (Lipinski definition) is 10. The van der Waals surface area contributed by atoms with E-state index in [0.29, 0.717) is 12.8 Å². The molecule has 0 aromatic carbocycles. The van der Waals surface area contributed by atoms with Crippen molar-refractivity contribution in [3.05, 3.63) is 36.5 Å². The predicted octanol–water partition coefficient (Wildman–Crippen LogP) is 9.95. The van der Waals surface area contributed by atoms with Crippen LogP contribution in [-0.4, -0.2) is 110 Å². The smallest absolute Gasteiger partial charge is 0.249 e. The van der Waals surface area contributed by atoms with Gasteiger partial charge < -0.3 is 50.5 Å². The van der Waals surface area contributed by atoms with E-state index in [4.69, 9.17) is 9.47 Å². The highest BCUT2D eigenvalue weighted by atomic mass is 16.7. The van der Waals surface area contributed by atoms with Crippen LogP contribution in [0.3, 0.4) is 0 Å². The Morgan fingerprint density at radius 3 is 1.47 bits per heavy atom. The molecule has 1 aliphatic rings. The third-order valence-corrected chi connectivity index (χ3v) is 12.7. The molecule has 376 valence electrons. The number of unbranched alkanes of at least 4 members (excludes halogenated alkanes) is 27. The van der Waals surface area contributed by atoms with Gasteiger partial charge in [0.15, 0.2) is 6.29 Å². The third-order valence-electron chi connectivity index (χ3n) is 12.7. The first-order valence-electron chi connectivity index (χ1n) is 26.4. The molecule has 1 saturated heterocycles. The summed E-state index contributed by atoms with van der Waals surface area (Å²) >= 11 is 0. The Morgan fingerprint density at radius 1 is 0.547 bits per heavy atom. The summed E-state index contributed by atoms with van der Waals surface area (Å²) in [5, 5.41) is 75.9. The van der Waals surface area contributed by atoms with Crippen molar-refractivity contribution in [3.8, 4) is 0 Å². The Hall–Kier alpha value is -1.67. The van der Waals surface area contributed by atoms with Crippen LogP contribution in [0.2, 0.25) is 0 Å². The van der Waals surface area contributed by atoms with Crippen molar-refractivity contribution in [2.75, 3.05) is 13.2 Å². The van der Waals surface area contributed by atoms with Crippen molar-refractivity contribution in [1.82, 2.24) is 5.32 Å². The fraction of sp³-hybridized carbons (Fsp3) is 0.868. The number of rotatable bonds is 44. The number of amides is 1. The number of ether oxygens (including phenoxy) is 2. The van der Waals surface area contributed by atoms with E-state index in [9.17, 15) is 40.5 Å². The molecular weight excluding hydrogens is 811 g/mol. The number of nitrogens with one attached hydrogen (secondary N) is 1. The minimum Gasteiger partial charge on any atom is -0.394 e. The third kappa shape index (κ3) is 31.3. The van der Waals surface area contributed by atoms with Crippen LogP contribution in [0.1, 0.15) is 226 Å². The molecule has 1 rings (SSSR count). The summed E-state index contributed by atoms with van der Waals surface area (Å²) in [5.74, 6) is -0.710. The molecule has 0 radical (unpaired) electrons. The van der Waals surface area contributed by atoms with Gasteiger partial charge in [0.25, 0.3) is 0 Å². The summed E-state index contributed by atoms with van der Waals surface area (Å²) in [7, 11) is 0. The maximum atomic E-state index is 13.1. The molecule has 64 heavy (non-hydrogen) atoms. The number of allylic oxidation sites excluding steroid dienone is 6. The van der Waals surface area contributed by atoms with Crippen LogP contribution in [0.25, 0.3) is 0 Å². The minimum atomic E-state index is -1.67. The van der Waals surface area contributed by atoms with Gasteiger partial charge in [0.2, 0.25) is 5.91 Å². The summed E-state index contributed by atoms with van der Waals surface area (Å²) < 4.78 is 11.1. The molecule has 9 atom stereocenters. The van der Waals surface area contributed by atoms with Crippen molar-refractivity contribution < 1.29 is 50.0 Å². The second kappa shape index (κ2) is 42.7. The second-order valence-corrected chi connectivity index (χ2v) is 18.6. The molecule has 1 aliphatic heterocycles. The molecule has 1 fully saturated rings. The van der Waals surface area contributed by atoms with Gasteiger partial charge in [0.1, 0.15) is 36.6 Å². The quantitative estimate of drug-likeness (QED) is 0.0166. The van der Waals surface area contributed by atoms with Crippen LogP contribution < -0.4 is 5.32 Å². The normalized spacial score (nSPS) is 21.3. The molecule has 0 spiro atoms. The van der Waals surface area contributed by atoms with E-state index >= 15 is 0 Å². The van der Waals surface area contributed by atoms with Gasteiger partial charge >= 0.3 is 0 Å². The van der Waals surface area contributed by atoms with Gasteiger partial charge in [0, 0.05) is 0 Å².